The zero-order valence-corrected chi connectivity index (χ0v) is 12.9. The van der Waals surface area contributed by atoms with Crippen LogP contribution in [0.4, 0.5) is 5.69 Å². The second-order valence-corrected chi connectivity index (χ2v) is 6.45. The molecule has 3 aromatic rings. The second kappa shape index (κ2) is 4.91. The van der Waals surface area contributed by atoms with Gasteiger partial charge in [-0.2, -0.15) is 5.10 Å². The second-order valence-electron chi connectivity index (χ2n) is 6.45. The van der Waals surface area contributed by atoms with Crippen LogP contribution in [0, 0.1) is 0 Å². The smallest absolute Gasteiger partial charge is 0.112 e. The largest absolute Gasteiger partial charge is 0.377 e. The summed E-state index contributed by atoms with van der Waals surface area (Å²) >= 11 is 0. The first-order valence-corrected chi connectivity index (χ1v) is 7.19. The molecule has 1 unspecified atom stereocenters. The number of aromatic nitrogens is 4. The number of rotatable bonds is 3. The lowest BCUT2D eigenvalue weighted by Gasteiger charge is -2.14. The monoisotopic (exact) mass is 283 g/mol. The molecule has 0 aliphatic carbocycles. The first-order valence-electron chi connectivity index (χ1n) is 7.19. The predicted octanol–water partition coefficient (Wildman–Crippen LogP) is 3.76. The highest BCUT2D eigenvalue weighted by molar-refractivity contribution is 5.79. The van der Waals surface area contributed by atoms with Crippen molar-refractivity contribution in [3.05, 3.63) is 42.0 Å². The molecule has 1 aromatic carbocycles. The topological polar surface area (TPSA) is 69.4 Å². The molecule has 0 saturated carbocycles. The average molecular weight is 283 g/mol. The Balaban J connectivity index is 1.87. The Bertz CT molecular complexity index is 734. The number of anilines is 1. The summed E-state index contributed by atoms with van der Waals surface area (Å²) in [6.07, 6.45) is 1.77. The van der Waals surface area contributed by atoms with Gasteiger partial charge in [0.2, 0.25) is 0 Å². The Labute approximate surface area is 124 Å². The predicted molar refractivity (Wildman–Crippen MR) is 85.4 cm³/mol. The van der Waals surface area contributed by atoms with Crippen molar-refractivity contribution < 1.29 is 0 Å². The quantitative estimate of drug-likeness (QED) is 0.685. The number of nitrogens with zero attached hydrogens (tertiary/aromatic N) is 2. The van der Waals surface area contributed by atoms with Crippen LogP contribution in [-0.2, 0) is 5.41 Å². The van der Waals surface area contributed by atoms with Crippen molar-refractivity contribution in [1.29, 1.82) is 0 Å². The molecule has 0 amide bonds. The molecule has 1 atom stereocenters. The Morgan fingerprint density at radius 2 is 2.00 bits per heavy atom. The summed E-state index contributed by atoms with van der Waals surface area (Å²) in [4.78, 5) is 8.07. The van der Waals surface area contributed by atoms with Crippen LogP contribution in [0.15, 0.2) is 30.5 Å². The Kier molecular flexibility index (Phi) is 3.20. The first kappa shape index (κ1) is 13.7. The maximum atomic E-state index is 4.65. The average Bonchev–Trinajstić information content (AvgIpc) is 3.06. The third-order valence-electron chi connectivity index (χ3n) is 3.56. The van der Waals surface area contributed by atoms with Crippen molar-refractivity contribution in [2.45, 2.75) is 39.2 Å². The molecule has 5 heteroatoms. The lowest BCUT2D eigenvalue weighted by atomic mass is 9.96. The number of fused-ring (bicyclic) bond motifs is 1. The molecule has 2 aromatic heterocycles. The number of H-pyrrole nitrogens is 2. The van der Waals surface area contributed by atoms with E-state index in [1.54, 1.807) is 6.20 Å². The van der Waals surface area contributed by atoms with Gasteiger partial charge in [-0.05, 0) is 31.2 Å². The molecule has 5 nitrogen and oxygen atoms in total. The van der Waals surface area contributed by atoms with Gasteiger partial charge in [0.1, 0.15) is 5.82 Å². The van der Waals surface area contributed by atoms with Crippen molar-refractivity contribution in [1.82, 2.24) is 20.2 Å². The maximum Gasteiger partial charge on any atom is 0.112 e. The molecule has 2 heterocycles. The third-order valence-corrected chi connectivity index (χ3v) is 3.56. The Morgan fingerprint density at radius 3 is 2.67 bits per heavy atom. The lowest BCUT2D eigenvalue weighted by Crippen LogP contribution is -2.12. The van der Waals surface area contributed by atoms with E-state index in [2.05, 4.69) is 65.3 Å². The fourth-order valence-corrected chi connectivity index (χ4v) is 2.29. The summed E-state index contributed by atoms with van der Waals surface area (Å²) in [6, 6.07) is 8.36. The van der Waals surface area contributed by atoms with E-state index < -0.39 is 0 Å². The summed E-state index contributed by atoms with van der Waals surface area (Å²) in [5, 5.41) is 10.4. The van der Waals surface area contributed by atoms with Crippen LogP contribution in [0.5, 0.6) is 0 Å². The summed E-state index contributed by atoms with van der Waals surface area (Å²) in [5.41, 5.74) is 4.21. The van der Waals surface area contributed by atoms with E-state index in [9.17, 15) is 0 Å². The molecular formula is C16H21N5. The Hall–Kier alpha value is -2.30. The van der Waals surface area contributed by atoms with Crippen LogP contribution in [0.1, 0.15) is 45.3 Å². The number of hydrogen-bond donors (Lipinski definition) is 3. The number of benzene rings is 1. The van der Waals surface area contributed by atoms with Gasteiger partial charge in [-0.15, -0.1) is 0 Å². The lowest BCUT2D eigenvalue weighted by molar-refractivity contribution is 0.554. The fraction of sp³-hybridized carbons (Fsp3) is 0.375. The van der Waals surface area contributed by atoms with Gasteiger partial charge in [0.05, 0.1) is 22.8 Å². The van der Waals surface area contributed by atoms with Gasteiger partial charge in [0.15, 0.2) is 0 Å². The molecule has 0 saturated heterocycles. The summed E-state index contributed by atoms with van der Waals surface area (Å²) < 4.78 is 0. The molecule has 0 radical (unpaired) electrons. The molecule has 0 spiro atoms. The zero-order chi connectivity index (χ0) is 15.0. The van der Waals surface area contributed by atoms with E-state index in [1.165, 1.54) is 0 Å². The van der Waals surface area contributed by atoms with E-state index in [0.29, 0.717) is 0 Å². The van der Waals surface area contributed by atoms with E-state index in [1.807, 2.05) is 12.1 Å². The maximum absolute atomic E-state index is 4.65. The zero-order valence-electron chi connectivity index (χ0n) is 12.9. The van der Waals surface area contributed by atoms with Gasteiger partial charge in [0, 0.05) is 17.3 Å². The highest BCUT2D eigenvalue weighted by Gasteiger charge is 2.18. The van der Waals surface area contributed by atoms with E-state index in [0.717, 1.165) is 28.2 Å². The third kappa shape index (κ3) is 2.77. The van der Waals surface area contributed by atoms with Crippen LogP contribution in [-0.4, -0.2) is 20.2 Å². The number of nitrogens with one attached hydrogen (secondary N) is 3. The van der Waals surface area contributed by atoms with Crippen molar-refractivity contribution in [2.75, 3.05) is 5.32 Å². The van der Waals surface area contributed by atoms with Gasteiger partial charge in [-0.3, -0.25) is 5.10 Å². The summed E-state index contributed by atoms with van der Waals surface area (Å²) in [7, 11) is 0. The molecule has 0 aliphatic heterocycles. The molecule has 3 rings (SSSR count). The van der Waals surface area contributed by atoms with Crippen molar-refractivity contribution in [3.63, 3.8) is 0 Å². The van der Waals surface area contributed by atoms with Crippen LogP contribution >= 0.6 is 0 Å². The molecule has 3 N–H and O–H groups in total. The Morgan fingerprint density at radius 1 is 1.19 bits per heavy atom. The van der Waals surface area contributed by atoms with Crippen LogP contribution < -0.4 is 5.32 Å². The molecule has 0 fully saturated rings. The highest BCUT2D eigenvalue weighted by atomic mass is 15.1. The fourth-order valence-electron chi connectivity index (χ4n) is 2.29. The van der Waals surface area contributed by atoms with Crippen molar-refractivity contribution in [2.24, 2.45) is 0 Å². The van der Waals surface area contributed by atoms with E-state index >= 15 is 0 Å². The minimum Gasteiger partial charge on any atom is -0.377 e. The van der Waals surface area contributed by atoms with Crippen LogP contribution in [0.2, 0.25) is 0 Å². The molecule has 0 bridgehead atoms. The van der Waals surface area contributed by atoms with Crippen molar-refractivity contribution in [3.8, 4) is 0 Å². The minimum absolute atomic E-state index is 0.0236. The summed E-state index contributed by atoms with van der Waals surface area (Å²) in [6.45, 7) is 8.57. The van der Waals surface area contributed by atoms with E-state index in [-0.39, 0.29) is 11.5 Å². The van der Waals surface area contributed by atoms with Gasteiger partial charge in [-0.1, -0.05) is 20.8 Å². The van der Waals surface area contributed by atoms with Crippen LogP contribution in [0.3, 0.4) is 0 Å². The SMILES string of the molecule is CC(Nc1ccc2nc(C(C)(C)C)[nH]c2c1)c1ccn[nH]1. The number of imidazole rings is 1. The summed E-state index contributed by atoms with van der Waals surface area (Å²) in [5.74, 6) is 1.01. The molecule has 110 valence electrons. The van der Waals surface area contributed by atoms with Gasteiger partial charge in [0.25, 0.3) is 0 Å². The number of aromatic amines is 2. The van der Waals surface area contributed by atoms with Crippen LogP contribution in [0.25, 0.3) is 11.0 Å². The van der Waals surface area contributed by atoms with E-state index in [4.69, 9.17) is 0 Å². The minimum atomic E-state index is 0.0236. The number of hydrogen-bond acceptors (Lipinski definition) is 3. The first-order chi connectivity index (χ1) is 9.93. The van der Waals surface area contributed by atoms with Gasteiger partial charge >= 0.3 is 0 Å². The van der Waals surface area contributed by atoms with Gasteiger partial charge < -0.3 is 10.3 Å². The standard InChI is InChI=1S/C16H21N5/c1-10(12-7-8-17-21-12)18-11-5-6-13-14(9-11)20-15(19-13)16(2,3)4/h5-10,18H,1-4H3,(H,17,21)(H,19,20). The molecular weight excluding hydrogens is 262 g/mol. The molecule has 21 heavy (non-hydrogen) atoms. The molecule has 0 aliphatic rings. The highest BCUT2D eigenvalue weighted by Crippen LogP contribution is 2.25. The van der Waals surface area contributed by atoms with Gasteiger partial charge in [-0.25, -0.2) is 4.98 Å². The normalized spacial score (nSPS) is 13.5. The van der Waals surface area contributed by atoms with Crippen molar-refractivity contribution >= 4 is 16.7 Å².